The van der Waals surface area contributed by atoms with Crippen LogP contribution in [0.5, 0.6) is 0 Å². The Labute approximate surface area is 122 Å². The van der Waals surface area contributed by atoms with Crippen LogP contribution in [0.15, 0.2) is 53.5 Å². The third-order valence-corrected chi connectivity index (χ3v) is 3.79. The average Bonchev–Trinajstić information content (AvgIpc) is 2.85. The van der Waals surface area contributed by atoms with Crippen LogP contribution in [0.1, 0.15) is 17.3 Å². The highest BCUT2D eigenvalue weighted by Gasteiger charge is 2.30. The molecule has 5 heteroatoms. The van der Waals surface area contributed by atoms with Crippen molar-refractivity contribution in [2.24, 2.45) is 10.7 Å². The van der Waals surface area contributed by atoms with Gasteiger partial charge in [0, 0.05) is 5.56 Å². The van der Waals surface area contributed by atoms with Crippen LogP contribution in [0.2, 0.25) is 0 Å². The summed E-state index contributed by atoms with van der Waals surface area (Å²) in [6, 6.07) is 16.5. The number of fused-ring (bicyclic) bond motifs is 3. The molecule has 2 aromatic carbocycles. The van der Waals surface area contributed by atoms with E-state index in [1.54, 1.807) is 0 Å². The third-order valence-electron chi connectivity index (χ3n) is 3.79. The van der Waals surface area contributed by atoms with Gasteiger partial charge in [-0.1, -0.05) is 42.0 Å². The van der Waals surface area contributed by atoms with Gasteiger partial charge in [-0.25, -0.2) is 14.9 Å². The Morgan fingerprint density at radius 1 is 1.10 bits per heavy atom. The van der Waals surface area contributed by atoms with Gasteiger partial charge in [-0.3, -0.25) is 0 Å². The van der Waals surface area contributed by atoms with E-state index in [4.69, 9.17) is 5.73 Å². The first-order chi connectivity index (χ1) is 10.2. The first-order valence-corrected chi connectivity index (χ1v) is 6.91. The summed E-state index contributed by atoms with van der Waals surface area (Å²) in [5, 5.41) is 3.10. The number of aromatic amines is 1. The van der Waals surface area contributed by atoms with Gasteiger partial charge in [0.1, 0.15) is 11.0 Å². The van der Waals surface area contributed by atoms with Crippen molar-refractivity contribution in [3.8, 4) is 0 Å². The predicted molar refractivity (Wildman–Crippen MR) is 83.1 cm³/mol. The number of aryl methyl sites for hydroxylation is 1. The quantitative estimate of drug-likeness (QED) is 0.596. The summed E-state index contributed by atoms with van der Waals surface area (Å²) in [6.07, 6.45) is -0.155. The fourth-order valence-electron chi connectivity index (χ4n) is 2.75. The van der Waals surface area contributed by atoms with E-state index < -0.39 is 0 Å². The number of imidazole rings is 1. The van der Waals surface area contributed by atoms with Crippen molar-refractivity contribution in [2.45, 2.75) is 13.1 Å². The van der Waals surface area contributed by atoms with Crippen LogP contribution in [-0.2, 0) is 0 Å². The highest BCUT2D eigenvalue weighted by atomic mass is 15.4. The maximum atomic E-state index is 5.93. The van der Waals surface area contributed by atoms with Crippen LogP contribution in [0, 0.1) is 6.92 Å². The number of nitrogens with zero attached hydrogens (tertiary/aromatic N) is 2. The van der Waals surface area contributed by atoms with Gasteiger partial charge in [0.15, 0.2) is 0 Å². The number of hydrogen-bond donors (Lipinski definition) is 3. The Hall–Kier alpha value is -2.82. The standard InChI is InChI=1S/C16H15N5/c1-10-6-8-11(9-7-10)14-19-15(17)20-16-18-12-4-2-3-5-13(12)21(14)16/h2-9,14H,1H3,(H3,17,18,19,20)/p+1/t14-/m0/s1. The molecule has 0 fully saturated rings. The molecule has 1 atom stereocenters. The predicted octanol–water partition coefficient (Wildman–Crippen LogP) is 2.05. The molecule has 1 aromatic heterocycles. The zero-order chi connectivity index (χ0) is 14.4. The molecule has 1 aliphatic heterocycles. The molecule has 3 aromatic rings. The van der Waals surface area contributed by atoms with Crippen LogP contribution >= 0.6 is 0 Å². The number of benzene rings is 2. The van der Waals surface area contributed by atoms with E-state index >= 15 is 0 Å². The van der Waals surface area contributed by atoms with Crippen molar-refractivity contribution >= 4 is 22.9 Å². The summed E-state index contributed by atoms with van der Waals surface area (Å²) < 4.78 is 2.14. The first-order valence-electron chi connectivity index (χ1n) is 6.91. The van der Waals surface area contributed by atoms with Crippen molar-refractivity contribution in [3.63, 3.8) is 0 Å². The Kier molecular flexibility index (Phi) is 2.47. The average molecular weight is 278 g/mol. The lowest BCUT2D eigenvalue weighted by Crippen LogP contribution is -2.48. The van der Waals surface area contributed by atoms with Crippen molar-refractivity contribution in [1.82, 2.24) is 4.98 Å². The lowest BCUT2D eigenvalue weighted by molar-refractivity contribution is -0.674. The molecule has 0 unspecified atom stereocenters. The lowest BCUT2D eigenvalue weighted by atomic mass is 10.1. The second kappa shape index (κ2) is 4.34. The maximum Gasteiger partial charge on any atom is 0.365 e. The molecule has 1 aliphatic rings. The first kappa shape index (κ1) is 12.0. The molecule has 2 heterocycles. The summed E-state index contributed by atoms with van der Waals surface area (Å²) in [5.74, 6) is 1.28. The van der Waals surface area contributed by atoms with E-state index in [1.807, 2.05) is 18.2 Å². The van der Waals surface area contributed by atoms with Crippen LogP contribution < -0.4 is 15.6 Å². The Morgan fingerprint density at radius 3 is 2.67 bits per heavy atom. The number of para-hydroxylation sites is 2. The lowest BCUT2D eigenvalue weighted by Gasteiger charge is -2.18. The van der Waals surface area contributed by atoms with E-state index in [0.717, 1.165) is 22.5 Å². The molecule has 0 saturated carbocycles. The Morgan fingerprint density at radius 2 is 1.86 bits per heavy atom. The van der Waals surface area contributed by atoms with E-state index in [9.17, 15) is 0 Å². The van der Waals surface area contributed by atoms with Gasteiger partial charge in [0.25, 0.3) is 5.96 Å². The van der Waals surface area contributed by atoms with Crippen molar-refractivity contribution in [1.29, 1.82) is 0 Å². The molecule has 4 rings (SSSR count). The van der Waals surface area contributed by atoms with E-state index in [2.05, 4.69) is 57.1 Å². The van der Waals surface area contributed by atoms with Gasteiger partial charge in [-0.2, -0.15) is 4.99 Å². The van der Waals surface area contributed by atoms with Crippen molar-refractivity contribution in [3.05, 3.63) is 59.7 Å². The van der Waals surface area contributed by atoms with Gasteiger partial charge in [0.2, 0.25) is 6.17 Å². The Bertz CT molecular complexity index is 845. The summed E-state index contributed by atoms with van der Waals surface area (Å²) in [4.78, 5) is 7.92. The summed E-state index contributed by atoms with van der Waals surface area (Å²) in [6.45, 7) is 2.08. The van der Waals surface area contributed by atoms with Crippen LogP contribution in [0.4, 0.5) is 5.95 Å². The second-order valence-corrected chi connectivity index (χ2v) is 5.28. The van der Waals surface area contributed by atoms with E-state index in [1.165, 1.54) is 5.56 Å². The number of nitrogens with one attached hydrogen (secondary N) is 2. The summed E-state index contributed by atoms with van der Waals surface area (Å²) in [7, 11) is 0. The van der Waals surface area contributed by atoms with E-state index in [0.29, 0.717) is 5.96 Å². The number of anilines is 1. The zero-order valence-corrected chi connectivity index (χ0v) is 11.7. The third kappa shape index (κ3) is 1.86. The normalized spacial score (nSPS) is 17.2. The van der Waals surface area contributed by atoms with Gasteiger partial charge < -0.3 is 5.73 Å². The van der Waals surface area contributed by atoms with Crippen molar-refractivity contribution in [2.75, 3.05) is 5.32 Å². The molecular formula is C16H16N5+. The number of rotatable bonds is 1. The fraction of sp³-hybridized carbons (Fsp3) is 0.125. The molecule has 0 aliphatic carbocycles. The molecular weight excluding hydrogens is 262 g/mol. The minimum Gasteiger partial charge on any atom is -0.357 e. The maximum absolute atomic E-state index is 5.93. The number of guanidine groups is 1. The highest BCUT2D eigenvalue weighted by molar-refractivity contribution is 5.92. The highest BCUT2D eigenvalue weighted by Crippen LogP contribution is 2.23. The number of hydrogen-bond acceptors (Lipinski definition) is 3. The molecule has 0 spiro atoms. The SMILES string of the molecule is Cc1ccc([C@H]2N=C(N)Nc3[nH]c4ccccc4[n+]32)cc1. The number of H-pyrrole nitrogens is 1. The largest absolute Gasteiger partial charge is 0.365 e. The molecule has 0 amide bonds. The number of aliphatic imine (C=N–C) groups is 1. The Balaban J connectivity index is 1.95. The van der Waals surface area contributed by atoms with Gasteiger partial charge in [0.05, 0.1) is 0 Å². The van der Waals surface area contributed by atoms with E-state index in [-0.39, 0.29) is 6.17 Å². The van der Waals surface area contributed by atoms with Crippen LogP contribution in [0.3, 0.4) is 0 Å². The zero-order valence-electron chi connectivity index (χ0n) is 11.7. The molecule has 4 N–H and O–H groups in total. The van der Waals surface area contributed by atoms with Gasteiger partial charge >= 0.3 is 5.95 Å². The molecule has 21 heavy (non-hydrogen) atoms. The minimum absolute atomic E-state index is 0.155. The van der Waals surface area contributed by atoms with Crippen molar-refractivity contribution < 1.29 is 4.57 Å². The number of aromatic nitrogens is 2. The molecule has 0 radical (unpaired) electrons. The summed E-state index contributed by atoms with van der Waals surface area (Å²) >= 11 is 0. The molecule has 5 nitrogen and oxygen atoms in total. The van der Waals surface area contributed by atoms with Gasteiger partial charge in [-0.05, 0) is 19.1 Å². The molecule has 104 valence electrons. The minimum atomic E-state index is -0.155. The second-order valence-electron chi connectivity index (χ2n) is 5.28. The van der Waals surface area contributed by atoms with Crippen LogP contribution in [0.25, 0.3) is 11.0 Å². The van der Waals surface area contributed by atoms with Crippen LogP contribution in [-0.4, -0.2) is 10.9 Å². The van der Waals surface area contributed by atoms with Gasteiger partial charge in [-0.15, -0.1) is 0 Å². The molecule has 0 bridgehead atoms. The topological polar surface area (TPSA) is 70.1 Å². The number of nitrogens with two attached hydrogens (primary N) is 1. The molecule has 0 saturated heterocycles. The smallest absolute Gasteiger partial charge is 0.357 e. The fourth-order valence-corrected chi connectivity index (χ4v) is 2.75. The summed E-state index contributed by atoms with van der Waals surface area (Å²) in [5.41, 5.74) is 10.4. The monoisotopic (exact) mass is 278 g/mol.